The average Bonchev–Trinajstić information content (AvgIpc) is 3.58. The zero-order valence-corrected chi connectivity index (χ0v) is 44.7. The van der Waals surface area contributed by atoms with Crippen molar-refractivity contribution in [2.45, 2.75) is 20.8 Å². The Labute approximate surface area is 466 Å². The number of benzene rings is 10. The summed E-state index contributed by atoms with van der Waals surface area (Å²) in [5.41, 5.74) is 20.1. The monoisotopic (exact) mass is 1030 g/mol. The number of nitrogens with zero attached hydrogens (tertiary/aromatic N) is 6. The summed E-state index contributed by atoms with van der Waals surface area (Å²) in [6.45, 7) is 6.50. The van der Waals surface area contributed by atoms with Gasteiger partial charge < -0.3 is 0 Å². The molecule has 0 N–H and O–H groups in total. The van der Waals surface area contributed by atoms with Gasteiger partial charge >= 0.3 is 0 Å². The maximum atomic E-state index is 5.56. The van der Waals surface area contributed by atoms with E-state index in [9.17, 15) is 0 Å². The molecule has 6 heteroatoms. The summed E-state index contributed by atoms with van der Waals surface area (Å²) >= 11 is 0. The topological polar surface area (TPSA) is 77.3 Å². The van der Waals surface area contributed by atoms with Gasteiger partial charge in [0.15, 0.2) is 0 Å². The minimum absolute atomic E-state index is 0.817. The predicted molar refractivity (Wildman–Crippen MR) is 338 cm³/mol. The maximum Gasteiger partial charge on any atom is 0.0972 e. The van der Waals surface area contributed by atoms with Gasteiger partial charge in [-0.3, -0.25) is 0 Å². The maximum absolute atomic E-state index is 5.56. The molecule has 81 heavy (non-hydrogen) atoms. The van der Waals surface area contributed by atoms with Crippen LogP contribution >= 0.6 is 0 Å². The first-order valence-electron chi connectivity index (χ1n) is 27.6. The Morgan fingerprint density at radius 3 is 0.679 bits per heavy atom. The summed E-state index contributed by atoms with van der Waals surface area (Å²) in [5.74, 6) is 0. The first-order valence-corrected chi connectivity index (χ1v) is 27.6. The van der Waals surface area contributed by atoms with Crippen molar-refractivity contribution in [2.24, 2.45) is 0 Å². The summed E-state index contributed by atoms with van der Waals surface area (Å²) in [5, 5.41) is 13.2. The molecule has 6 nitrogen and oxygen atoms in total. The third-order valence-corrected chi connectivity index (χ3v) is 16.6. The number of pyridine rings is 6. The first kappa shape index (κ1) is 46.5. The van der Waals surface area contributed by atoms with E-state index in [1.54, 1.807) is 0 Å². The van der Waals surface area contributed by atoms with Crippen molar-refractivity contribution in [1.82, 2.24) is 29.9 Å². The summed E-state index contributed by atoms with van der Waals surface area (Å²) in [4.78, 5) is 33.0. The molecule has 0 aliphatic carbocycles. The highest BCUT2D eigenvalue weighted by Gasteiger charge is 2.19. The number of aryl methyl sites for hydroxylation is 3. The molecule has 6 heterocycles. The largest absolute Gasteiger partial charge is 0.245 e. The normalized spacial score (nSPS) is 11.9. The van der Waals surface area contributed by atoms with E-state index >= 15 is 0 Å². The van der Waals surface area contributed by atoms with Gasteiger partial charge in [-0.15, -0.1) is 0 Å². The minimum Gasteiger partial charge on any atom is -0.245 e. The molecule has 16 rings (SSSR count). The quantitative estimate of drug-likeness (QED) is 0.154. The predicted octanol–water partition coefficient (Wildman–Crippen LogP) is 19.4. The van der Waals surface area contributed by atoms with Gasteiger partial charge in [-0.25, -0.2) is 29.9 Å². The van der Waals surface area contributed by atoms with E-state index in [0.717, 1.165) is 133 Å². The van der Waals surface area contributed by atoms with Crippen LogP contribution in [0.5, 0.6) is 0 Å². The Morgan fingerprint density at radius 1 is 0.198 bits per heavy atom. The highest BCUT2D eigenvalue weighted by Crippen LogP contribution is 2.40. The lowest BCUT2D eigenvalue weighted by molar-refractivity contribution is 1.34. The summed E-state index contributed by atoms with van der Waals surface area (Å²) < 4.78 is 0. The summed E-state index contributed by atoms with van der Waals surface area (Å²) in [6, 6.07) is 84.2. The molecule has 0 amide bonds. The van der Waals surface area contributed by atoms with Crippen molar-refractivity contribution in [3.8, 4) is 67.5 Å². The van der Waals surface area contributed by atoms with Crippen LogP contribution in [0.25, 0.3) is 165 Å². The van der Waals surface area contributed by atoms with E-state index in [4.69, 9.17) is 29.9 Å². The van der Waals surface area contributed by atoms with Gasteiger partial charge in [-0.1, -0.05) is 182 Å². The van der Waals surface area contributed by atoms with Crippen molar-refractivity contribution in [2.75, 3.05) is 0 Å². The summed E-state index contributed by atoms with van der Waals surface area (Å²) in [7, 11) is 0. The Balaban J connectivity index is 0.899. The van der Waals surface area contributed by atoms with E-state index in [1.165, 1.54) is 49.0 Å². The second-order valence-electron chi connectivity index (χ2n) is 21.5. The Hall–Kier alpha value is -10.6. The zero-order chi connectivity index (χ0) is 53.9. The van der Waals surface area contributed by atoms with Gasteiger partial charge in [0.2, 0.25) is 0 Å². The van der Waals surface area contributed by atoms with Gasteiger partial charge in [-0.2, -0.15) is 0 Å². The van der Waals surface area contributed by atoms with Gasteiger partial charge in [0.1, 0.15) is 0 Å². The van der Waals surface area contributed by atoms with Crippen molar-refractivity contribution in [3.05, 3.63) is 253 Å². The lowest BCUT2D eigenvalue weighted by atomic mass is 9.96. The van der Waals surface area contributed by atoms with E-state index in [0.29, 0.717) is 0 Å². The molecule has 378 valence electrons. The van der Waals surface area contributed by atoms with Gasteiger partial charge in [-0.05, 0) is 124 Å². The highest BCUT2D eigenvalue weighted by molar-refractivity contribution is 6.09. The van der Waals surface area contributed by atoms with Gasteiger partial charge in [0, 0.05) is 65.7 Å². The Morgan fingerprint density at radius 2 is 0.407 bits per heavy atom. The van der Waals surface area contributed by atoms with E-state index in [1.807, 2.05) is 0 Å². The molecule has 0 aliphatic rings. The van der Waals surface area contributed by atoms with Crippen molar-refractivity contribution < 1.29 is 0 Å². The molecule has 10 aromatic carbocycles. The standard InChI is InChI=1S/C75H48N6/c1-43-16-19-46-10-4-7-13-58(46)67(43)64-37-31-52-25-22-49-28-34-61(76-70(49)73(52)79-64)55-40-56(62-35-29-50-23-26-53-32-38-65(80-74(53)71(50)77-62)68-44(2)17-20-47-11-5-8-14-59(47)68)42-57(41-55)63-36-30-51-24-27-54-33-39-66(81-75(54)72(51)78-63)69-45(3)18-21-48-12-6-9-15-60(48)69/h4-42H,1-3H3. The molecule has 6 aromatic heterocycles. The number of hydrogen-bond donors (Lipinski definition) is 0. The lowest BCUT2D eigenvalue weighted by Gasteiger charge is -2.14. The van der Waals surface area contributed by atoms with Crippen molar-refractivity contribution in [3.63, 3.8) is 0 Å². The van der Waals surface area contributed by atoms with Crippen LogP contribution in [0.15, 0.2) is 237 Å². The van der Waals surface area contributed by atoms with Crippen LogP contribution in [0.4, 0.5) is 0 Å². The molecular formula is C75H48N6. The smallest absolute Gasteiger partial charge is 0.0972 e. The van der Waals surface area contributed by atoms with Crippen LogP contribution < -0.4 is 0 Å². The second kappa shape index (κ2) is 18.3. The molecule has 0 radical (unpaired) electrons. The van der Waals surface area contributed by atoms with Gasteiger partial charge in [0.05, 0.1) is 67.3 Å². The fraction of sp³-hybridized carbons (Fsp3) is 0.0400. The molecule has 0 unspecified atom stereocenters. The summed E-state index contributed by atoms with van der Waals surface area (Å²) in [6.07, 6.45) is 0. The molecule has 0 fully saturated rings. The number of fused-ring (bicyclic) bond motifs is 12. The Kier molecular flexibility index (Phi) is 10.5. The first-order chi connectivity index (χ1) is 39.8. The fourth-order valence-corrected chi connectivity index (χ4v) is 12.4. The molecular weight excluding hydrogens is 985 g/mol. The van der Waals surface area contributed by atoms with Crippen LogP contribution in [0.2, 0.25) is 0 Å². The van der Waals surface area contributed by atoms with E-state index < -0.39 is 0 Å². The van der Waals surface area contributed by atoms with Crippen molar-refractivity contribution in [1.29, 1.82) is 0 Å². The molecule has 0 bridgehead atoms. The van der Waals surface area contributed by atoms with Gasteiger partial charge in [0.25, 0.3) is 0 Å². The average molecular weight is 1030 g/mol. The number of rotatable bonds is 6. The zero-order valence-electron chi connectivity index (χ0n) is 44.7. The van der Waals surface area contributed by atoms with E-state index in [2.05, 4.69) is 257 Å². The SMILES string of the molecule is Cc1ccc2ccccc2c1-c1ccc2ccc3ccc(-c4cc(-c5ccc6ccc7ccc(-c8c(C)ccc9ccccc89)nc7c6n5)cc(-c5ccc6ccc7ccc(-c8c(C)ccc9ccccc89)nc7c6n5)c4)nc3c2n1. The van der Waals surface area contributed by atoms with Crippen LogP contribution in [-0.4, -0.2) is 29.9 Å². The van der Waals surface area contributed by atoms with Crippen LogP contribution in [-0.2, 0) is 0 Å². The molecule has 0 aliphatic heterocycles. The third-order valence-electron chi connectivity index (χ3n) is 16.6. The molecule has 0 saturated carbocycles. The third kappa shape index (κ3) is 7.71. The fourth-order valence-electron chi connectivity index (χ4n) is 12.4. The Bertz CT molecular complexity index is 4810. The lowest BCUT2D eigenvalue weighted by Crippen LogP contribution is -1.95. The van der Waals surface area contributed by atoms with Crippen LogP contribution in [0, 0.1) is 20.8 Å². The van der Waals surface area contributed by atoms with E-state index in [-0.39, 0.29) is 0 Å². The second-order valence-corrected chi connectivity index (χ2v) is 21.5. The highest BCUT2D eigenvalue weighted by atomic mass is 14.8. The number of aromatic nitrogens is 6. The molecule has 16 aromatic rings. The van der Waals surface area contributed by atoms with Crippen LogP contribution in [0.3, 0.4) is 0 Å². The molecule has 0 saturated heterocycles. The molecule has 0 spiro atoms. The number of hydrogen-bond acceptors (Lipinski definition) is 6. The minimum atomic E-state index is 0.817. The van der Waals surface area contributed by atoms with Crippen LogP contribution in [0.1, 0.15) is 16.7 Å². The van der Waals surface area contributed by atoms with Crippen molar-refractivity contribution >= 4 is 97.7 Å². The molecule has 0 atom stereocenters.